The van der Waals surface area contributed by atoms with Crippen LogP contribution in [0.25, 0.3) is 0 Å². The van der Waals surface area contributed by atoms with Gasteiger partial charge in [0, 0.05) is 50.8 Å². The summed E-state index contributed by atoms with van der Waals surface area (Å²) < 4.78 is 0. The maximum absolute atomic E-state index is 4.02. The zero-order valence-electron chi connectivity index (χ0n) is 12.0. The average Bonchev–Trinajstić information content (AvgIpc) is 2.47. The van der Waals surface area contributed by atoms with Gasteiger partial charge in [-0.1, -0.05) is 24.8 Å². The van der Waals surface area contributed by atoms with E-state index in [-0.39, 0.29) is 0 Å². The zero-order chi connectivity index (χ0) is 13.9. The highest BCUT2D eigenvalue weighted by molar-refractivity contribution is 5.50. The Labute approximate surface area is 120 Å². The van der Waals surface area contributed by atoms with Crippen molar-refractivity contribution in [3.05, 3.63) is 66.0 Å². The van der Waals surface area contributed by atoms with Gasteiger partial charge in [0.15, 0.2) is 0 Å². The van der Waals surface area contributed by atoms with Gasteiger partial charge in [-0.15, -0.1) is 0 Å². The molecular weight excluding hydrogens is 246 g/mol. The number of fused-ring (bicyclic) bond motifs is 1. The van der Waals surface area contributed by atoms with Gasteiger partial charge in [-0.2, -0.15) is 0 Å². The van der Waals surface area contributed by atoms with E-state index in [0.29, 0.717) is 0 Å². The summed E-state index contributed by atoms with van der Waals surface area (Å²) in [5, 5.41) is 3.27. The maximum atomic E-state index is 4.02. The third-order valence-corrected chi connectivity index (χ3v) is 3.91. The molecule has 104 valence electrons. The Morgan fingerprint density at radius 2 is 2.10 bits per heavy atom. The van der Waals surface area contributed by atoms with Crippen molar-refractivity contribution in [3.8, 4) is 0 Å². The minimum atomic E-state index is 0.985. The lowest BCUT2D eigenvalue weighted by Crippen LogP contribution is -2.42. The number of anilines is 1. The van der Waals surface area contributed by atoms with Crippen LogP contribution in [0.15, 0.2) is 60.5 Å². The maximum Gasteiger partial charge on any atom is 0.0391 e. The molecule has 2 aliphatic rings. The highest BCUT2D eigenvalue weighted by Gasteiger charge is 2.21. The first-order valence-electron chi connectivity index (χ1n) is 7.08. The first kappa shape index (κ1) is 13.0. The van der Waals surface area contributed by atoms with Crippen molar-refractivity contribution in [1.82, 2.24) is 9.80 Å². The Hall–Kier alpha value is -2.00. The van der Waals surface area contributed by atoms with Crippen molar-refractivity contribution >= 4 is 5.69 Å². The van der Waals surface area contributed by atoms with Gasteiger partial charge in [0.2, 0.25) is 0 Å². The first-order valence-corrected chi connectivity index (χ1v) is 7.08. The van der Waals surface area contributed by atoms with Crippen LogP contribution in [-0.4, -0.2) is 36.5 Å². The Morgan fingerprint density at radius 3 is 2.95 bits per heavy atom. The predicted molar refractivity (Wildman–Crippen MR) is 84.3 cm³/mol. The Bertz CT molecular complexity index is 571. The highest BCUT2D eigenvalue weighted by Crippen LogP contribution is 2.23. The van der Waals surface area contributed by atoms with E-state index in [1.165, 1.54) is 16.9 Å². The molecule has 3 rings (SSSR count). The van der Waals surface area contributed by atoms with Crippen molar-refractivity contribution in [2.75, 3.05) is 32.0 Å². The van der Waals surface area contributed by atoms with Crippen LogP contribution in [0.4, 0.5) is 5.69 Å². The molecule has 0 amide bonds. The van der Waals surface area contributed by atoms with E-state index < -0.39 is 0 Å². The molecule has 0 unspecified atom stereocenters. The third-order valence-electron chi connectivity index (χ3n) is 3.91. The molecule has 1 saturated heterocycles. The van der Waals surface area contributed by atoms with Crippen molar-refractivity contribution in [1.29, 1.82) is 0 Å². The fourth-order valence-electron chi connectivity index (χ4n) is 2.82. The van der Waals surface area contributed by atoms with Gasteiger partial charge in [0.05, 0.1) is 0 Å². The molecule has 1 fully saturated rings. The van der Waals surface area contributed by atoms with Crippen LogP contribution >= 0.6 is 0 Å². The van der Waals surface area contributed by atoms with E-state index in [9.17, 15) is 0 Å². The lowest BCUT2D eigenvalue weighted by molar-refractivity contribution is 0.201. The topological polar surface area (TPSA) is 18.5 Å². The van der Waals surface area contributed by atoms with E-state index in [0.717, 1.165) is 31.8 Å². The van der Waals surface area contributed by atoms with Crippen molar-refractivity contribution in [2.45, 2.75) is 6.54 Å². The number of hydrogen-bond acceptors (Lipinski definition) is 3. The summed E-state index contributed by atoms with van der Waals surface area (Å²) in [6.45, 7) is 8.14. The number of rotatable bonds is 3. The summed E-state index contributed by atoms with van der Waals surface area (Å²) >= 11 is 0. The second kappa shape index (κ2) is 5.55. The average molecular weight is 267 g/mol. The predicted octanol–water partition coefficient (Wildman–Crippen LogP) is 2.81. The molecule has 0 saturated carbocycles. The summed E-state index contributed by atoms with van der Waals surface area (Å²) in [6.07, 6.45) is 6.42. The molecule has 0 radical (unpaired) electrons. The van der Waals surface area contributed by atoms with E-state index in [2.05, 4.69) is 64.3 Å². The largest absolute Gasteiger partial charge is 0.388 e. The fraction of sp³-hybridized carbons (Fsp3) is 0.294. The van der Waals surface area contributed by atoms with Gasteiger partial charge in [-0.25, -0.2) is 0 Å². The lowest BCUT2D eigenvalue weighted by Gasteiger charge is -2.38. The van der Waals surface area contributed by atoms with Gasteiger partial charge >= 0.3 is 0 Å². The lowest BCUT2D eigenvalue weighted by atomic mass is 10.1. The summed E-state index contributed by atoms with van der Waals surface area (Å²) in [6, 6.07) is 8.52. The number of piperazine rings is 1. The van der Waals surface area contributed by atoms with Crippen LogP contribution in [0, 0.1) is 0 Å². The molecule has 1 N–H and O–H groups in total. The van der Waals surface area contributed by atoms with Crippen molar-refractivity contribution < 1.29 is 0 Å². The van der Waals surface area contributed by atoms with Crippen LogP contribution < -0.4 is 5.32 Å². The van der Waals surface area contributed by atoms with Crippen LogP contribution in [-0.2, 0) is 6.54 Å². The van der Waals surface area contributed by atoms with Crippen LogP contribution in [0.1, 0.15) is 5.56 Å². The number of allylic oxidation sites excluding steroid dienone is 3. The summed E-state index contributed by atoms with van der Waals surface area (Å²) in [5.74, 6) is 0. The van der Waals surface area contributed by atoms with Gasteiger partial charge in [0.1, 0.15) is 0 Å². The highest BCUT2D eigenvalue weighted by atomic mass is 15.3. The van der Waals surface area contributed by atoms with Gasteiger partial charge in [-0.05, 0) is 29.4 Å². The fourth-order valence-corrected chi connectivity index (χ4v) is 2.82. The van der Waals surface area contributed by atoms with Gasteiger partial charge in [0.25, 0.3) is 0 Å². The van der Waals surface area contributed by atoms with Crippen molar-refractivity contribution in [3.63, 3.8) is 0 Å². The number of hydrogen-bond donors (Lipinski definition) is 1. The van der Waals surface area contributed by atoms with E-state index in [4.69, 9.17) is 0 Å². The minimum absolute atomic E-state index is 0.985. The molecule has 0 bridgehead atoms. The Kier molecular flexibility index (Phi) is 3.61. The van der Waals surface area contributed by atoms with E-state index >= 15 is 0 Å². The second-order valence-electron chi connectivity index (χ2n) is 5.34. The molecule has 1 aromatic rings. The SMILES string of the molecule is C=C1C=CN2CCN(Cc3ccccc3NC)CC2=C1. The number of nitrogens with zero attached hydrogens (tertiary/aromatic N) is 2. The molecule has 1 aromatic carbocycles. The summed E-state index contributed by atoms with van der Waals surface area (Å²) in [4.78, 5) is 4.82. The molecule has 0 aliphatic carbocycles. The molecule has 0 aromatic heterocycles. The zero-order valence-corrected chi connectivity index (χ0v) is 12.0. The number of benzene rings is 1. The standard InChI is InChI=1S/C17H21N3/c1-14-7-8-20-10-9-19(13-16(20)11-14)12-15-5-3-4-6-17(15)18-2/h3-8,11,18H,1,9-10,12-13H2,2H3. The smallest absolute Gasteiger partial charge is 0.0391 e. The van der Waals surface area contributed by atoms with Crippen LogP contribution in [0.5, 0.6) is 0 Å². The van der Waals surface area contributed by atoms with E-state index in [1.807, 2.05) is 7.05 Å². The Balaban J connectivity index is 1.72. The third kappa shape index (κ3) is 2.63. The monoisotopic (exact) mass is 267 g/mol. The first-order chi connectivity index (χ1) is 9.76. The molecule has 3 nitrogen and oxygen atoms in total. The molecule has 0 atom stereocenters. The number of nitrogens with one attached hydrogen (secondary N) is 1. The van der Waals surface area contributed by atoms with Crippen LogP contribution in [0.2, 0.25) is 0 Å². The molecule has 3 heteroatoms. The van der Waals surface area contributed by atoms with Crippen LogP contribution in [0.3, 0.4) is 0 Å². The molecule has 0 spiro atoms. The molecule has 2 heterocycles. The van der Waals surface area contributed by atoms with Gasteiger partial charge < -0.3 is 10.2 Å². The van der Waals surface area contributed by atoms with Crippen molar-refractivity contribution in [2.24, 2.45) is 0 Å². The molecular formula is C17H21N3. The van der Waals surface area contributed by atoms with E-state index in [1.54, 1.807) is 0 Å². The number of para-hydroxylation sites is 1. The quantitative estimate of drug-likeness (QED) is 0.908. The van der Waals surface area contributed by atoms with Gasteiger partial charge in [-0.3, -0.25) is 4.90 Å². The Morgan fingerprint density at radius 1 is 1.25 bits per heavy atom. The molecule has 20 heavy (non-hydrogen) atoms. The summed E-state index contributed by atoms with van der Waals surface area (Å²) in [7, 11) is 1.98. The molecule has 2 aliphatic heterocycles. The summed E-state index contributed by atoms with van der Waals surface area (Å²) in [5.41, 5.74) is 5.02. The second-order valence-corrected chi connectivity index (χ2v) is 5.34. The normalized spacial score (nSPS) is 18.8. The minimum Gasteiger partial charge on any atom is -0.388 e.